The lowest BCUT2D eigenvalue weighted by Gasteiger charge is -2.32. The topological polar surface area (TPSA) is 98.7 Å². The molecule has 1 aliphatic rings. The molecule has 5 rings (SSSR count). The van der Waals surface area contributed by atoms with Crippen molar-refractivity contribution >= 4 is 40.1 Å². The molecular formula is C31H35N5O4S2. The Labute approximate surface area is 254 Å². The van der Waals surface area contributed by atoms with E-state index in [4.69, 9.17) is 19.2 Å². The third kappa shape index (κ3) is 7.71. The summed E-state index contributed by atoms with van der Waals surface area (Å²) >= 11 is 3.08. The van der Waals surface area contributed by atoms with Crippen molar-refractivity contribution in [1.82, 2.24) is 19.9 Å². The van der Waals surface area contributed by atoms with Crippen LogP contribution in [0.15, 0.2) is 70.0 Å². The molecule has 0 atom stereocenters. The number of carbonyl (C=O) groups excluding carboxylic acids is 1. The number of aromatic nitrogens is 3. The maximum Gasteiger partial charge on any atom is 0.410 e. The van der Waals surface area contributed by atoms with Gasteiger partial charge < -0.3 is 24.4 Å². The van der Waals surface area contributed by atoms with E-state index in [1.54, 1.807) is 36.2 Å². The first-order chi connectivity index (χ1) is 20.2. The standard InChI is InChI=1S/C31H35N5O4S2/c1-20-25(10-7-13-32-20)39-26-17-28(33-18-27(26)42-23-9-6-8-22(16-23)38-5)35-29-34-24(19-41-29)21-11-14-36(15-12-21)30(37)40-31(2,3)4/h6-10,13,16-19,21H,11-12,14-15H2,1-5H3,(H,33,34,35). The van der Waals surface area contributed by atoms with Gasteiger partial charge in [-0.15, -0.1) is 11.3 Å². The maximum absolute atomic E-state index is 12.4. The molecule has 4 heterocycles. The molecule has 1 fully saturated rings. The number of anilines is 2. The first-order valence-electron chi connectivity index (χ1n) is 13.8. The number of carbonyl (C=O) groups is 1. The van der Waals surface area contributed by atoms with Crippen molar-refractivity contribution in [2.75, 3.05) is 25.5 Å². The van der Waals surface area contributed by atoms with E-state index in [-0.39, 0.29) is 12.0 Å². The van der Waals surface area contributed by atoms with Gasteiger partial charge in [0.25, 0.3) is 0 Å². The minimum absolute atomic E-state index is 0.250. The van der Waals surface area contributed by atoms with Crippen LogP contribution in [0, 0.1) is 6.92 Å². The number of thiazole rings is 1. The molecule has 9 nitrogen and oxygen atoms in total. The predicted octanol–water partition coefficient (Wildman–Crippen LogP) is 8.05. The third-order valence-corrected chi connectivity index (χ3v) is 8.39. The van der Waals surface area contributed by atoms with E-state index < -0.39 is 5.60 Å². The van der Waals surface area contributed by atoms with Crippen LogP contribution >= 0.6 is 23.1 Å². The van der Waals surface area contributed by atoms with Crippen LogP contribution in [-0.4, -0.2) is 51.7 Å². The summed E-state index contributed by atoms with van der Waals surface area (Å²) in [5, 5.41) is 6.19. The third-order valence-electron chi connectivity index (χ3n) is 6.60. The molecule has 42 heavy (non-hydrogen) atoms. The highest BCUT2D eigenvalue weighted by Crippen LogP contribution is 2.40. The van der Waals surface area contributed by atoms with Crippen molar-refractivity contribution in [3.8, 4) is 17.2 Å². The lowest BCUT2D eigenvalue weighted by Crippen LogP contribution is -2.41. The van der Waals surface area contributed by atoms with Crippen molar-refractivity contribution in [3.05, 3.63) is 71.6 Å². The van der Waals surface area contributed by atoms with Gasteiger partial charge in [-0.25, -0.2) is 14.8 Å². The Morgan fingerprint density at radius 1 is 1.10 bits per heavy atom. The van der Waals surface area contributed by atoms with Gasteiger partial charge in [0.05, 0.1) is 23.4 Å². The fraction of sp³-hybridized carbons (Fsp3) is 0.355. The van der Waals surface area contributed by atoms with Crippen molar-refractivity contribution in [3.63, 3.8) is 0 Å². The minimum atomic E-state index is -0.495. The first kappa shape index (κ1) is 29.7. The Kier molecular flexibility index (Phi) is 9.18. The normalized spacial score (nSPS) is 14.0. The Morgan fingerprint density at radius 2 is 1.90 bits per heavy atom. The smallest absolute Gasteiger partial charge is 0.410 e. The summed E-state index contributed by atoms with van der Waals surface area (Å²) in [5.74, 6) is 3.03. The van der Waals surface area contributed by atoms with Gasteiger partial charge in [-0.1, -0.05) is 17.8 Å². The van der Waals surface area contributed by atoms with E-state index in [1.807, 2.05) is 70.2 Å². The largest absolute Gasteiger partial charge is 0.497 e. The van der Waals surface area contributed by atoms with Crippen LogP contribution in [0.25, 0.3) is 0 Å². The van der Waals surface area contributed by atoms with Gasteiger partial charge in [-0.2, -0.15) is 0 Å². The molecule has 0 radical (unpaired) electrons. The number of aryl methyl sites for hydroxylation is 1. The number of pyridine rings is 2. The lowest BCUT2D eigenvalue weighted by atomic mass is 9.94. The monoisotopic (exact) mass is 605 g/mol. The van der Waals surface area contributed by atoms with E-state index in [0.29, 0.717) is 30.4 Å². The van der Waals surface area contributed by atoms with Crippen LogP contribution in [-0.2, 0) is 4.74 Å². The molecule has 11 heteroatoms. The number of piperidine rings is 1. The van der Waals surface area contributed by atoms with Crippen molar-refractivity contribution in [2.24, 2.45) is 0 Å². The van der Waals surface area contributed by atoms with Crippen molar-refractivity contribution in [1.29, 1.82) is 0 Å². The summed E-state index contributed by atoms with van der Waals surface area (Å²) in [4.78, 5) is 30.0. The van der Waals surface area contributed by atoms with Gasteiger partial charge in [0.15, 0.2) is 5.13 Å². The molecule has 1 aromatic carbocycles. The highest BCUT2D eigenvalue weighted by molar-refractivity contribution is 7.99. The lowest BCUT2D eigenvalue weighted by molar-refractivity contribution is 0.0204. The molecule has 4 aromatic rings. The average molecular weight is 606 g/mol. The number of hydrogen-bond acceptors (Lipinski definition) is 10. The zero-order valence-electron chi connectivity index (χ0n) is 24.4. The number of ether oxygens (including phenoxy) is 3. The van der Waals surface area contributed by atoms with Crippen LogP contribution in [0.3, 0.4) is 0 Å². The Bertz CT molecular complexity index is 1530. The summed E-state index contributed by atoms with van der Waals surface area (Å²) in [5.41, 5.74) is 1.33. The average Bonchev–Trinajstić information content (AvgIpc) is 3.43. The number of rotatable bonds is 8. The number of likely N-dealkylation sites (tertiary alicyclic amines) is 1. The molecule has 3 aromatic heterocycles. The van der Waals surface area contributed by atoms with Gasteiger partial charge in [-0.05, 0) is 70.9 Å². The molecule has 0 unspecified atom stereocenters. The molecule has 1 amide bonds. The fourth-order valence-electron chi connectivity index (χ4n) is 4.46. The first-order valence-corrected chi connectivity index (χ1v) is 15.5. The second-order valence-electron chi connectivity index (χ2n) is 10.9. The summed E-state index contributed by atoms with van der Waals surface area (Å²) in [6, 6.07) is 13.5. The summed E-state index contributed by atoms with van der Waals surface area (Å²) in [6.07, 6.45) is 4.99. The van der Waals surface area contributed by atoms with E-state index in [1.165, 1.54) is 11.3 Å². The highest BCUT2D eigenvalue weighted by atomic mass is 32.2. The molecule has 0 aliphatic carbocycles. The number of hydrogen-bond donors (Lipinski definition) is 1. The SMILES string of the molecule is COc1cccc(Sc2cnc(Nc3nc(C4CCN(C(=O)OC(C)(C)C)CC4)cs3)cc2Oc2cccnc2C)c1. The van der Waals surface area contributed by atoms with Crippen LogP contribution in [0.2, 0.25) is 0 Å². The van der Waals surface area contributed by atoms with Crippen molar-refractivity contribution < 1.29 is 19.0 Å². The Balaban J connectivity index is 1.29. The predicted molar refractivity (Wildman–Crippen MR) is 166 cm³/mol. The molecule has 1 N–H and O–H groups in total. The van der Waals surface area contributed by atoms with Gasteiger partial charge in [0.2, 0.25) is 0 Å². The summed E-state index contributed by atoms with van der Waals surface area (Å²) < 4.78 is 17.3. The Morgan fingerprint density at radius 3 is 2.64 bits per heavy atom. The number of nitrogens with zero attached hydrogens (tertiary/aromatic N) is 4. The van der Waals surface area contributed by atoms with Crippen LogP contribution in [0.4, 0.5) is 15.7 Å². The quantitative estimate of drug-likeness (QED) is 0.214. The van der Waals surface area contributed by atoms with Gasteiger partial charge in [0, 0.05) is 47.7 Å². The second-order valence-corrected chi connectivity index (χ2v) is 12.9. The number of methoxy groups -OCH3 is 1. The van der Waals surface area contributed by atoms with Crippen LogP contribution < -0.4 is 14.8 Å². The molecule has 1 saturated heterocycles. The number of nitrogens with one attached hydrogen (secondary N) is 1. The summed E-state index contributed by atoms with van der Waals surface area (Å²) in [7, 11) is 1.66. The van der Waals surface area contributed by atoms with Gasteiger partial charge in [0.1, 0.15) is 28.7 Å². The zero-order valence-corrected chi connectivity index (χ0v) is 26.1. The van der Waals surface area contributed by atoms with E-state index in [9.17, 15) is 4.79 Å². The van der Waals surface area contributed by atoms with Gasteiger partial charge in [-0.3, -0.25) is 4.98 Å². The number of benzene rings is 1. The molecule has 0 bridgehead atoms. The Hall–Kier alpha value is -3.83. The fourth-order valence-corrected chi connectivity index (χ4v) is 6.14. The van der Waals surface area contributed by atoms with E-state index >= 15 is 0 Å². The highest BCUT2D eigenvalue weighted by Gasteiger charge is 2.28. The van der Waals surface area contributed by atoms with Crippen LogP contribution in [0.5, 0.6) is 17.2 Å². The van der Waals surface area contributed by atoms with Crippen molar-refractivity contribution in [2.45, 2.75) is 61.8 Å². The summed E-state index contributed by atoms with van der Waals surface area (Å²) in [6.45, 7) is 8.89. The molecule has 1 aliphatic heterocycles. The molecule has 0 saturated carbocycles. The minimum Gasteiger partial charge on any atom is -0.497 e. The van der Waals surface area contributed by atoms with E-state index in [0.717, 1.165) is 44.9 Å². The van der Waals surface area contributed by atoms with Crippen LogP contribution in [0.1, 0.15) is 50.9 Å². The second kappa shape index (κ2) is 13.0. The number of amides is 1. The molecular weight excluding hydrogens is 571 g/mol. The van der Waals surface area contributed by atoms with E-state index in [2.05, 4.69) is 20.7 Å². The molecule has 0 spiro atoms. The maximum atomic E-state index is 12.4. The molecule has 220 valence electrons. The van der Waals surface area contributed by atoms with Gasteiger partial charge >= 0.3 is 6.09 Å². The zero-order chi connectivity index (χ0) is 29.7.